The van der Waals surface area contributed by atoms with E-state index in [1.165, 1.54) is 11.3 Å². The second-order valence-corrected chi connectivity index (χ2v) is 7.66. The molecule has 0 unspecified atom stereocenters. The number of hydrogen-bond acceptors (Lipinski definition) is 5. The summed E-state index contributed by atoms with van der Waals surface area (Å²) in [5, 5.41) is 9.79. The molecule has 3 N–H and O–H groups in total. The van der Waals surface area contributed by atoms with Crippen LogP contribution in [0.5, 0.6) is 0 Å². The minimum absolute atomic E-state index is 0.320. The van der Waals surface area contributed by atoms with Gasteiger partial charge in [-0.2, -0.15) is 5.10 Å². The molecular formula is C12H18N4O2S2. The van der Waals surface area contributed by atoms with E-state index in [4.69, 9.17) is 0 Å². The van der Waals surface area contributed by atoms with Crippen molar-refractivity contribution in [2.75, 3.05) is 11.8 Å². The van der Waals surface area contributed by atoms with Crippen molar-refractivity contribution in [2.45, 2.75) is 31.5 Å². The summed E-state index contributed by atoms with van der Waals surface area (Å²) in [6, 6.07) is 1.70. The van der Waals surface area contributed by atoms with E-state index in [0.29, 0.717) is 27.8 Å². The Morgan fingerprint density at radius 3 is 2.60 bits per heavy atom. The Bertz CT molecular complexity index is 696. The first-order valence-corrected chi connectivity index (χ1v) is 8.43. The Kier molecular flexibility index (Phi) is 4.17. The maximum Gasteiger partial charge on any atom is 0.271 e. The van der Waals surface area contributed by atoms with Gasteiger partial charge in [-0.1, -0.05) is 0 Å². The molecule has 20 heavy (non-hydrogen) atoms. The van der Waals surface area contributed by atoms with E-state index < -0.39 is 10.0 Å². The molecule has 110 valence electrons. The lowest BCUT2D eigenvalue weighted by molar-refractivity contribution is 0.603. The highest BCUT2D eigenvalue weighted by Crippen LogP contribution is 2.28. The third kappa shape index (κ3) is 2.87. The molecule has 2 rings (SSSR count). The molecule has 0 spiro atoms. The summed E-state index contributed by atoms with van der Waals surface area (Å²) in [4.78, 5) is 1.02. The highest BCUT2D eigenvalue weighted by molar-refractivity contribution is 7.94. The molecule has 0 amide bonds. The highest BCUT2D eigenvalue weighted by Gasteiger charge is 2.21. The molecule has 2 aromatic rings. The van der Waals surface area contributed by atoms with Gasteiger partial charge in [0.1, 0.15) is 4.21 Å². The first-order chi connectivity index (χ1) is 9.35. The van der Waals surface area contributed by atoms with Crippen LogP contribution in [0.4, 0.5) is 5.69 Å². The average Bonchev–Trinajstić information content (AvgIpc) is 2.88. The molecule has 0 aliphatic carbocycles. The molecule has 0 aromatic carbocycles. The number of aryl methyl sites for hydroxylation is 3. The quantitative estimate of drug-likeness (QED) is 0.787. The molecule has 0 aliphatic heterocycles. The molecule has 0 saturated carbocycles. The summed E-state index contributed by atoms with van der Waals surface area (Å²) in [5.41, 5.74) is 2.83. The van der Waals surface area contributed by atoms with Gasteiger partial charge in [0.25, 0.3) is 10.0 Å². The molecule has 6 nitrogen and oxygen atoms in total. The van der Waals surface area contributed by atoms with E-state index in [-0.39, 0.29) is 0 Å². The van der Waals surface area contributed by atoms with E-state index in [1.807, 2.05) is 14.0 Å². The van der Waals surface area contributed by atoms with Crippen LogP contribution in [0.25, 0.3) is 0 Å². The van der Waals surface area contributed by atoms with Gasteiger partial charge in [-0.3, -0.25) is 9.82 Å². The monoisotopic (exact) mass is 314 g/mol. The van der Waals surface area contributed by atoms with E-state index >= 15 is 0 Å². The number of nitrogens with zero attached hydrogens (tertiary/aromatic N) is 1. The number of H-pyrrole nitrogens is 1. The molecule has 0 bridgehead atoms. The number of rotatable bonds is 5. The zero-order chi connectivity index (χ0) is 14.9. The maximum absolute atomic E-state index is 12.4. The van der Waals surface area contributed by atoms with Crippen LogP contribution in [0, 0.1) is 20.8 Å². The normalized spacial score (nSPS) is 11.8. The van der Waals surface area contributed by atoms with Crippen LogP contribution >= 0.6 is 11.3 Å². The zero-order valence-electron chi connectivity index (χ0n) is 11.9. The number of aromatic nitrogens is 2. The van der Waals surface area contributed by atoms with Crippen LogP contribution in [0.2, 0.25) is 0 Å². The minimum atomic E-state index is -3.57. The van der Waals surface area contributed by atoms with E-state index in [2.05, 4.69) is 20.2 Å². The van der Waals surface area contributed by atoms with Crippen LogP contribution in [-0.2, 0) is 16.6 Å². The second-order valence-electron chi connectivity index (χ2n) is 4.62. The number of nitrogens with one attached hydrogen (secondary N) is 3. The molecule has 2 aromatic heterocycles. The Morgan fingerprint density at radius 2 is 2.05 bits per heavy atom. The largest absolute Gasteiger partial charge is 0.315 e. The third-order valence-electron chi connectivity index (χ3n) is 2.96. The van der Waals surface area contributed by atoms with Gasteiger partial charge in [-0.05, 0) is 39.4 Å². The number of sulfonamides is 1. The zero-order valence-corrected chi connectivity index (χ0v) is 13.5. The predicted molar refractivity (Wildman–Crippen MR) is 80.7 cm³/mol. The van der Waals surface area contributed by atoms with E-state index in [9.17, 15) is 8.42 Å². The Balaban J connectivity index is 2.33. The SMILES string of the molecule is CNCc1sc(S(=O)(=O)Nc2c(C)n[nH]c2C)cc1C. The van der Waals surface area contributed by atoms with Gasteiger partial charge in [0.15, 0.2) is 0 Å². The molecular weight excluding hydrogens is 296 g/mol. The fourth-order valence-electron chi connectivity index (χ4n) is 1.84. The van der Waals surface area contributed by atoms with Crippen LogP contribution in [0.1, 0.15) is 21.8 Å². The summed E-state index contributed by atoms with van der Waals surface area (Å²) < 4.78 is 27.7. The topological polar surface area (TPSA) is 86.9 Å². The average molecular weight is 314 g/mol. The van der Waals surface area contributed by atoms with E-state index in [0.717, 1.165) is 10.4 Å². The lowest BCUT2D eigenvalue weighted by atomic mass is 10.3. The molecule has 0 fully saturated rings. The smallest absolute Gasteiger partial charge is 0.271 e. The summed E-state index contributed by atoms with van der Waals surface area (Å²) in [7, 11) is -1.73. The van der Waals surface area contributed by atoms with Crippen LogP contribution in [0.3, 0.4) is 0 Å². The fraction of sp³-hybridized carbons (Fsp3) is 0.417. The lowest BCUT2D eigenvalue weighted by Crippen LogP contribution is -2.12. The Labute approximate surface area is 122 Å². The summed E-state index contributed by atoms with van der Waals surface area (Å²) in [5.74, 6) is 0. The standard InChI is InChI=1S/C12H18N4O2S2/c1-7-5-11(19-10(7)6-13-4)20(17,18)16-12-8(2)14-15-9(12)3/h5,13,16H,6H2,1-4H3,(H,14,15). The van der Waals surface area contributed by atoms with Gasteiger partial charge in [-0.25, -0.2) is 8.42 Å². The molecule has 0 atom stereocenters. The summed E-state index contributed by atoms with van der Waals surface area (Å²) in [6.07, 6.45) is 0. The molecule has 0 aliphatic rings. The van der Waals surface area contributed by atoms with Crippen molar-refractivity contribution in [2.24, 2.45) is 0 Å². The van der Waals surface area contributed by atoms with Crippen LogP contribution in [-0.4, -0.2) is 25.7 Å². The van der Waals surface area contributed by atoms with Crippen molar-refractivity contribution >= 4 is 27.0 Å². The van der Waals surface area contributed by atoms with Crippen molar-refractivity contribution in [3.8, 4) is 0 Å². The van der Waals surface area contributed by atoms with E-state index in [1.54, 1.807) is 19.9 Å². The lowest BCUT2D eigenvalue weighted by Gasteiger charge is -2.05. The van der Waals surface area contributed by atoms with Gasteiger partial charge >= 0.3 is 0 Å². The van der Waals surface area contributed by atoms with Crippen LogP contribution < -0.4 is 10.0 Å². The number of aromatic amines is 1. The number of anilines is 1. The van der Waals surface area contributed by atoms with Crippen molar-refractivity contribution in [3.63, 3.8) is 0 Å². The second kappa shape index (κ2) is 5.55. The number of thiophene rings is 1. The first kappa shape index (κ1) is 15.0. The minimum Gasteiger partial charge on any atom is -0.315 e. The summed E-state index contributed by atoms with van der Waals surface area (Å²) in [6.45, 7) is 6.11. The van der Waals surface area contributed by atoms with Crippen molar-refractivity contribution in [1.29, 1.82) is 0 Å². The van der Waals surface area contributed by atoms with Gasteiger partial charge < -0.3 is 5.32 Å². The van der Waals surface area contributed by atoms with Crippen molar-refractivity contribution < 1.29 is 8.42 Å². The molecule has 0 saturated heterocycles. The predicted octanol–water partition coefficient (Wildman–Crippen LogP) is 1.92. The molecule has 2 heterocycles. The maximum atomic E-state index is 12.4. The van der Waals surface area contributed by atoms with Gasteiger partial charge in [-0.15, -0.1) is 11.3 Å². The van der Waals surface area contributed by atoms with Crippen molar-refractivity contribution in [1.82, 2.24) is 15.5 Å². The first-order valence-electron chi connectivity index (χ1n) is 6.13. The third-order valence-corrected chi connectivity index (χ3v) is 6.03. The Hall–Kier alpha value is -1.38. The molecule has 8 heteroatoms. The fourth-order valence-corrected chi connectivity index (χ4v) is 4.63. The highest BCUT2D eigenvalue weighted by atomic mass is 32.2. The number of hydrogen-bond donors (Lipinski definition) is 3. The Morgan fingerprint density at radius 1 is 1.35 bits per heavy atom. The van der Waals surface area contributed by atoms with Crippen LogP contribution in [0.15, 0.2) is 10.3 Å². The van der Waals surface area contributed by atoms with Crippen molar-refractivity contribution in [3.05, 3.63) is 27.9 Å². The van der Waals surface area contributed by atoms with Gasteiger partial charge in [0.05, 0.1) is 17.1 Å². The van der Waals surface area contributed by atoms with Gasteiger partial charge in [0, 0.05) is 11.4 Å². The molecule has 0 radical (unpaired) electrons. The van der Waals surface area contributed by atoms with Gasteiger partial charge in [0.2, 0.25) is 0 Å². The summed E-state index contributed by atoms with van der Waals surface area (Å²) >= 11 is 1.28.